The highest BCUT2D eigenvalue weighted by Gasteiger charge is 2.46. The number of nitrogens with zero attached hydrogens (tertiary/aromatic N) is 2. The number of carbonyl (C=O) groups excluding carboxylic acids is 1. The number of hydrogen-bond donors (Lipinski definition) is 5. The van der Waals surface area contributed by atoms with Crippen molar-refractivity contribution in [2.45, 2.75) is 31.1 Å². The maximum absolute atomic E-state index is 12.9. The lowest BCUT2D eigenvalue weighted by atomic mass is 10.1. The predicted octanol–water partition coefficient (Wildman–Crippen LogP) is -1.26. The van der Waals surface area contributed by atoms with Crippen LogP contribution in [0.4, 0.5) is 0 Å². The number of ketones is 1. The van der Waals surface area contributed by atoms with Crippen molar-refractivity contribution < 1.29 is 52.4 Å². The normalized spacial score (nSPS) is 24.6. The molecule has 0 saturated carbocycles. The monoisotopic (exact) mass is 522 g/mol. The molecule has 34 heavy (non-hydrogen) atoms. The van der Waals surface area contributed by atoms with E-state index in [1.54, 1.807) is 18.2 Å². The van der Waals surface area contributed by atoms with E-state index < -0.39 is 70.4 Å². The van der Waals surface area contributed by atoms with Crippen LogP contribution in [0, 0.1) is 0 Å². The molecule has 0 radical (unpaired) electrons. The van der Waals surface area contributed by atoms with Gasteiger partial charge in [0.2, 0.25) is 0 Å². The Bertz CT molecular complexity index is 1250. The van der Waals surface area contributed by atoms with Crippen LogP contribution < -0.4 is 11.2 Å². The topological polar surface area (TPSA) is 224 Å². The summed E-state index contributed by atoms with van der Waals surface area (Å²) in [6, 6.07) is 8.80. The third-order valence-corrected chi connectivity index (χ3v) is 6.87. The number of benzene rings is 1. The largest absolute Gasteiger partial charge is 0.481 e. The van der Waals surface area contributed by atoms with Crippen LogP contribution >= 0.6 is 15.6 Å². The van der Waals surface area contributed by atoms with Gasteiger partial charge in [0.25, 0.3) is 5.56 Å². The van der Waals surface area contributed by atoms with E-state index >= 15 is 0 Å². The Hall–Kier alpha value is -2.29. The fraction of sp³-hybridized carbons (Fsp3) is 0.353. The lowest BCUT2D eigenvalue weighted by molar-refractivity contribution is -0.0547. The number of hydrogen-bond acceptors (Lipinski definition) is 10. The third kappa shape index (κ3) is 6.23. The van der Waals surface area contributed by atoms with Gasteiger partial charge in [-0.1, -0.05) is 30.3 Å². The van der Waals surface area contributed by atoms with Crippen molar-refractivity contribution >= 4 is 21.4 Å². The Morgan fingerprint density at radius 2 is 1.68 bits per heavy atom. The van der Waals surface area contributed by atoms with Gasteiger partial charge in [-0.2, -0.15) is 4.31 Å². The van der Waals surface area contributed by atoms with E-state index in [4.69, 9.17) is 14.5 Å². The van der Waals surface area contributed by atoms with Gasteiger partial charge in [0, 0.05) is 17.8 Å². The number of phosphoric ester groups is 1. The van der Waals surface area contributed by atoms with Crippen molar-refractivity contribution in [2.24, 2.45) is 0 Å². The first-order chi connectivity index (χ1) is 15.8. The summed E-state index contributed by atoms with van der Waals surface area (Å²) in [6.45, 7) is -1.59. The minimum atomic E-state index is -5.38. The Labute approximate surface area is 190 Å². The highest BCUT2D eigenvalue weighted by molar-refractivity contribution is 7.60. The Morgan fingerprint density at radius 3 is 2.29 bits per heavy atom. The highest BCUT2D eigenvalue weighted by Crippen LogP contribution is 2.57. The summed E-state index contributed by atoms with van der Waals surface area (Å²) in [5, 5.41) is 20.5. The van der Waals surface area contributed by atoms with E-state index in [0.717, 1.165) is 16.8 Å². The fourth-order valence-corrected chi connectivity index (χ4v) is 4.75. The molecule has 1 fully saturated rings. The van der Waals surface area contributed by atoms with Gasteiger partial charge in [-0.3, -0.25) is 23.2 Å². The summed E-state index contributed by atoms with van der Waals surface area (Å²) in [4.78, 5) is 64.0. The molecular formula is C17H20N2O13P2. The molecule has 2 heterocycles. The lowest BCUT2D eigenvalue weighted by Gasteiger charge is -2.19. The summed E-state index contributed by atoms with van der Waals surface area (Å²) in [5.41, 5.74) is -1.61. The molecule has 1 aliphatic heterocycles. The van der Waals surface area contributed by atoms with Gasteiger partial charge in [0.15, 0.2) is 12.0 Å². The predicted molar refractivity (Wildman–Crippen MR) is 111 cm³/mol. The molecule has 5 atom stereocenters. The average molecular weight is 522 g/mol. The van der Waals surface area contributed by atoms with E-state index in [0.29, 0.717) is 4.57 Å². The molecule has 0 spiro atoms. The molecule has 2 aromatic rings. The molecule has 0 aliphatic carbocycles. The summed E-state index contributed by atoms with van der Waals surface area (Å²) in [7, 11) is -10.6. The summed E-state index contributed by atoms with van der Waals surface area (Å²) in [6.07, 6.45) is -5.75. The van der Waals surface area contributed by atoms with Gasteiger partial charge in [-0.25, -0.2) is 13.9 Å². The molecule has 1 aliphatic rings. The minimum absolute atomic E-state index is 0.250. The molecule has 5 N–H and O–H groups in total. The second kappa shape index (κ2) is 10.1. The van der Waals surface area contributed by atoms with Gasteiger partial charge in [-0.15, -0.1) is 0 Å². The molecule has 186 valence electrons. The quantitative estimate of drug-likeness (QED) is 0.192. The van der Waals surface area contributed by atoms with Gasteiger partial charge in [-0.05, 0) is 0 Å². The van der Waals surface area contributed by atoms with Gasteiger partial charge in [0.1, 0.15) is 18.3 Å². The first kappa shape index (κ1) is 26.3. The van der Waals surface area contributed by atoms with Crippen molar-refractivity contribution in [1.29, 1.82) is 0 Å². The summed E-state index contributed by atoms with van der Waals surface area (Å²) in [5.74, 6) is -0.541. The minimum Gasteiger partial charge on any atom is -0.387 e. The van der Waals surface area contributed by atoms with E-state index in [2.05, 4.69) is 8.83 Å². The molecule has 17 heteroatoms. The van der Waals surface area contributed by atoms with Crippen LogP contribution in [-0.4, -0.2) is 64.7 Å². The molecule has 15 nitrogen and oxygen atoms in total. The van der Waals surface area contributed by atoms with Crippen LogP contribution in [0.25, 0.3) is 0 Å². The van der Waals surface area contributed by atoms with E-state index in [1.807, 2.05) is 0 Å². The Kier molecular flexibility index (Phi) is 7.85. The summed E-state index contributed by atoms with van der Waals surface area (Å²) >= 11 is 0. The zero-order valence-electron chi connectivity index (χ0n) is 17.1. The SMILES string of the molecule is O=C(Cn1c(=O)ccn([C@@H]2O[C@H](COP(=O)(O)OP(=O)(O)O)[C@@H](O)[C@H]2O)c1=O)c1ccccc1. The molecular weight excluding hydrogens is 502 g/mol. The Morgan fingerprint density at radius 1 is 1.03 bits per heavy atom. The van der Waals surface area contributed by atoms with Crippen LogP contribution in [0.3, 0.4) is 0 Å². The van der Waals surface area contributed by atoms with Crippen molar-refractivity contribution in [1.82, 2.24) is 9.13 Å². The van der Waals surface area contributed by atoms with Crippen LogP contribution in [0.15, 0.2) is 52.2 Å². The van der Waals surface area contributed by atoms with Gasteiger partial charge in [0.05, 0.1) is 13.2 Å². The van der Waals surface area contributed by atoms with Crippen molar-refractivity contribution in [2.75, 3.05) is 6.61 Å². The number of aromatic nitrogens is 2. The standard InChI is InChI=1S/C17H20N2O13P2/c20-11(10-4-2-1-3-5-10)8-19-13(21)6-7-18(17(19)24)16-15(23)14(22)12(31-16)9-30-34(28,29)32-33(25,26)27/h1-7,12,14-16,22-23H,8-9H2,(H,28,29)(H2,25,26,27)/t12-,14-,15-,16-/m1/s1. The third-order valence-electron chi connectivity index (χ3n) is 4.72. The van der Waals surface area contributed by atoms with Crippen molar-refractivity contribution in [3.63, 3.8) is 0 Å². The van der Waals surface area contributed by atoms with E-state index in [9.17, 15) is 38.6 Å². The zero-order valence-corrected chi connectivity index (χ0v) is 18.8. The highest BCUT2D eigenvalue weighted by atomic mass is 31.3. The first-order valence-electron chi connectivity index (χ1n) is 9.45. The number of aliphatic hydroxyl groups is 2. The molecule has 1 saturated heterocycles. The molecule has 1 aromatic heterocycles. The Balaban J connectivity index is 1.79. The molecule has 1 aromatic carbocycles. The van der Waals surface area contributed by atoms with Crippen LogP contribution in [0.2, 0.25) is 0 Å². The van der Waals surface area contributed by atoms with E-state index in [1.165, 1.54) is 12.1 Å². The number of ether oxygens (including phenoxy) is 1. The number of Topliss-reactive ketones (excluding diaryl/α,β-unsaturated/α-hetero) is 1. The second-order valence-corrected chi connectivity index (χ2v) is 9.93. The summed E-state index contributed by atoms with van der Waals surface area (Å²) < 4.78 is 36.9. The molecule has 1 unspecified atom stereocenters. The second-order valence-electron chi connectivity index (χ2n) is 7.10. The van der Waals surface area contributed by atoms with E-state index in [-0.39, 0.29) is 5.56 Å². The average Bonchev–Trinajstić information content (AvgIpc) is 3.02. The molecule has 0 amide bonds. The smallest absolute Gasteiger partial charge is 0.387 e. The van der Waals surface area contributed by atoms with Gasteiger partial charge < -0.3 is 29.6 Å². The lowest BCUT2D eigenvalue weighted by Crippen LogP contribution is -2.44. The molecule has 3 rings (SSSR count). The first-order valence-corrected chi connectivity index (χ1v) is 12.5. The maximum Gasteiger partial charge on any atom is 0.481 e. The number of carbonyl (C=O) groups is 1. The zero-order chi connectivity index (χ0) is 25.3. The number of aliphatic hydroxyl groups excluding tert-OH is 2. The number of phosphoric acid groups is 2. The fourth-order valence-electron chi connectivity index (χ4n) is 3.15. The van der Waals surface area contributed by atoms with Gasteiger partial charge >= 0.3 is 21.3 Å². The van der Waals surface area contributed by atoms with Crippen molar-refractivity contribution in [3.05, 3.63) is 69.0 Å². The van der Waals surface area contributed by atoms with Crippen molar-refractivity contribution in [3.8, 4) is 0 Å². The maximum atomic E-state index is 12.9. The van der Waals surface area contributed by atoms with Crippen LogP contribution in [0.5, 0.6) is 0 Å². The van der Waals surface area contributed by atoms with Crippen LogP contribution in [0.1, 0.15) is 16.6 Å². The molecule has 0 bridgehead atoms. The number of rotatable bonds is 9. The van der Waals surface area contributed by atoms with Crippen LogP contribution in [-0.2, 0) is 29.2 Å².